The third kappa shape index (κ3) is 1.85. The largest absolute Gasteiger partial charge is 0.352 e. The van der Waals surface area contributed by atoms with Crippen molar-refractivity contribution in [2.24, 2.45) is 0 Å². The van der Waals surface area contributed by atoms with Gasteiger partial charge in [0.2, 0.25) is 0 Å². The number of amides is 1. The molecule has 1 heterocycles. The number of hydrogen-bond donors (Lipinski definition) is 1. The second-order valence-corrected chi connectivity index (χ2v) is 4.41. The first-order chi connectivity index (χ1) is 6.27. The van der Waals surface area contributed by atoms with Gasteiger partial charge in [-0.3, -0.25) is 4.79 Å². The molecule has 3 heteroatoms. The van der Waals surface area contributed by atoms with Crippen LogP contribution in [0.4, 0.5) is 0 Å². The topological polar surface area (TPSA) is 29.1 Å². The maximum absolute atomic E-state index is 11.5. The molecule has 0 atom stereocenters. The summed E-state index contributed by atoms with van der Waals surface area (Å²) in [5, 5.41) is 2.88. The Morgan fingerprint density at radius 1 is 1.38 bits per heavy atom. The molecule has 0 aromatic heterocycles. The number of halogens is 1. The summed E-state index contributed by atoms with van der Waals surface area (Å²) in [6.07, 6.45) is 2.05. The lowest BCUT2D eigenvalue weighted by Crippen LogP contribution is -2.22. The van der Waals surface area contributed by atoms with E-state index in [9.17, 15) is 4.79 Å². The van der Waals surface area contributed by atoms with E-state index in [1.54, 1.807) is 0 Å². The van der Waals surface area contributed by atoms with E-state index in [1.165, 1.54) is 9.13 Å². The fraction of sp³-hybridized carbons (Fsp3) is 0.300. The summed E-state index contributed by atoms with van der Waals surface area (Å²) in [5.74, 6) is 0.0731. The Morgan fingerprint density at radius 2 is 2.23 bits per heavy atom. The average molecular weight is 287 g/mol. The van der Waals surface area contributed by atoms with Crippen molar-refractivity contribution in [2.45, 2.75) is 12.8 Å². The molecule has 2 nitrogen and oxygen atoms in total. The Morgan fingerprint density at radius 3 is 3.08 bits per heavy atom. The molecule has 0 bridgehead atoms. The van der Waals surface area contributed by atoms with E-state index < -0.39 is 0 Å². The van der Waals surface area contributed by atoms with E-state index in [1.807, 2.05) is 12.1 Å². The van der Waals surface area contributed by atoms with Gasteiger partial charge in [-0.05, 0) is 59.2 Å². The predicted octanol–water partition coefficient (Wildman–Crippen LogP) is 1.97. The molecule has 1 N–H and O–H groups in total. The number of carbonyl (C=O) groups is 1. The summed E-state index contributed by atoms with van der Waals surface area (Å²) in [6.45, 7) is 0.796. The number of nitrogens with one attached hydrogen (secondary N) is 1. The molecular weight excluding hydrogens is 277 g/mol. The van der Waals surface area contributed by atoms with Crippen molar-refractivity contribution in [3.8, 4) is 0 Å². The van der Waals surface area contributed by atoms with Gasteiger partial charge in [-0.1, -0.05) is 0 Å². The van der Waals surface area contributed by atoms with Crippen LogP contribution in [0.3, 0.4) is 0 Å². The standard InChI is InChI=1S/C10H10INO/c11-8-3-4-9-7(6-8)2-1-5-12-10(9)13/h3-4,6H,1-2,5H2,(H,12,13). The molecule has 2 rings (SSSR count). The van der Waals surface area contributed by atoms with Crippen LogP contribution in [0.5, 0.6) is 0 Å². The Bertz CT molecular complexity index is 349. The smallest absolute Gasteiger partial charge is 0.251 e. The van der Waals surface area contributed by atoms with E-state index in [4.69, 9.17) is 0 Å². The minimum Gasteiger partial charge on any atom is -0.352 e. The van der Waals surface area contributed by atoms with E-state index in [2.05, 4.69) is 34.0 Å². The van der Waals surface area contributed by atoms with Crippen molar-refractivity contribution < 1.29 is 4.79 Å². The molecule has 0 radical (unpaired) electrons. The third-order valence-electron chi connectivity index (χ3n) is 2.22. The summed E-state index contributed by atoms with van der Waals surface area (Å²) in [6, 6.07) is 5.99. The van der Waals surface area contributed by atoms with E-state index in [0.717, 1.165) is 24.9 Å². The normalized spacial score (nSPS) is 15.9. The molecule has 68 valence electrons. The lowest BCUT2D eigenvalue weighted by molar-refractivity contribution is 0.0956. The van der Waals surface area contributed by atoms with Gasteiger partial charge in [-0.2, -0.15) is 0 Å². The maximum atomic E-state index is 11.5. The SMILES string of the molecule is O=C1NCCCc2cc(I)ccc21. The molecule has 0 saturated heterocycles. The molecule has 1 aliphatic heterocycles. The molecule has 0 unspecified atom stereocenters. The third-order valence-corrected chi connectivity index (χ3v) is 2.89. The van der Waals surface area contributed by atoms with E-state index in [-0.39, 0.29) is 5.91 Å². The molecule has 0 aliphatic carbocycles. The number of fused-ring (bicyclic) bond motifs is 1. The predicted molar refractivity (Wildman–Crippen MR) is 59.8 cm³/mol. The second-order valence-electron chi connectivity index (χ2n) is 3.16. The number of carbonyl (C=O) groups excluding carboxylic acids is 1. The van der Waals surface area contributed by atoms with Crippen LogP contribution in [-0.2, 0) is 6.42 Å². The van der Waals surface area contributed by atoms with Gasteiger partial charge in [-0.25, -0.2) is 0 Å². The summed E-state index contributed by atoms with van der Waals surface area (Å²) < 4.78 is 1.20. The fourth-order valence-electron chi connectivity index (χ4n) is 1.57. The highest BCUT2D eigenvalue weighted by molar-refractivity contribution is 14.1. The Hall–Kier alpha value is -0.580. The lowest BCUT2D eigenvalue weighted by atomic mass is 10.0. The van der Waals surface area contributed by atoms with Crippen LogP contribution in [0.2, 0.25) is 0 Å². The lowest BCUT2D eigenvalue weighted by Gasteiger charge is -2.03. The highest BCUT2D eigenvalue weighted by atomic mass is 127. The van der Waals surface area contributed by atoms with Crippen LogP contribution >= 0.6 is 22.6 Å². The number of aryl methyl sites for hydroxylation is 1. The molecule has 13 heavy (non-hydrogen) atoms. The zero-order valence-electron chi connectivity index (χ0n) is 7.14. The molecule has 1 aliphatic rings. The van der Waals surface area contributed by atoms with Crippen LogP contribution in [0.1, 0.15) is 22.3 Å². The highest BCUT2D eigenvalue weighted by Gasteiger charge is 2.14. The molecule has 0 spiro atoms. The molecule has 1 amide bonds. The summed E-state index contributed by atoms with van der Waals surface area (Å²) >= 11 is 2.27. The number of benzene rings is 1. The first-order valence-corrected chi connectivity index (χ1v) is 5.42. The fourth-order valence-corrected chi connectivity index (χ4v) is 2.12. The van der Waals surface area contributed by atoms with Crippen LogP contribution in [0.15, 0.2) is 18.2 Å². The second kappa shape index (κ2) is 3.65. The van der Waals surface area contributed by atoms with Crippen molar-refractivity contribution in [1.29, 1.82) is 0 Å². The van der Waals surface area contributed by atoms with Crippen molar-refractivity contribution in [1.82, 2.24) is 5.32 Å². The van der Waals surface area contributed by atoms with Gasteiger partial charge >= 0.3 is 0 Å². The summed E-state index contributed by atoms with van der Waals surface area (Å²) in [4.78, 5) is 11.5. The van der Waals surface area contributed by atoms with Crippen molar-refractivity contribution in [3.05, 3.63) is 32.9 Å². The van der Waals surface area contributed by atoms with Crippen LogP contribution in [0, 0.1) is 3.57 Å². The highest BCUT2D eigenvalue weighted by Crippen LogP contribution is 2.17. The van der Waals surface area contributed by atoms with Crippen LogP contribution in [0.25, 0.3) is 0 Å². The zero-order chi connectivity index (χ0) is 9.26. The first-order valence-electron chi connectivity index (χ1n) is 4.34. The molecule has 0 saturated carbocycles. The van der Waals surface area contributed by atoms with E-state index >= 15 is 0 Å². The van der Waals surface area contributed by atoms with Gasteiger partial charge in [0, 0.05) is 15.7 Å². The Labute approximate surface area is 90.9 Å². The van der Waals surface area contributed by atoms with Crippen molar-refractivity contribution >= 4 is 28.5 Å². The molecule has 1 aromatic carbocycles. The zero-order valence-corrected chi connectivity index (χ0v) is 9.30. The van der Waals surface area contributed by atoms with Gasteiger partial charge in [-0.15, -0.1) is 0 Å². The quantitative estimate of drug-likeness (QED) is 0.726. The van der Waals surface area contributed by atoms with Crippen molar-refractivity contribution in [3.63, 3.8) is 0 Å². The molecule has 1 aromatic rings. The van der Waals surface area contributed by atoms with Gasteiger partial charge in [0.1, 0.15) is 0 Å². The maximum Gasteiger partial charge on any atom is 0.251 e. The minimum absolute atomic E-state index is 0.0731. The van der Waals surface area contributed by atoms with Gasteiger partial charge < -0.3 is 5.32 Å². The molecular formula is C10H10INO. The Balaban J connectivity index is 2.48. The van der Waals surface area contributed by atoms with Gasteiger partial charge in [0.15, 0.2) is 0 Å². The first kappa shape index (κ1) is 8.99. The minimum atomic E-state index is 0.0731. The van der Waals surface area contributed by atoms with Crippen molar-refractivity contribution in [2.75, 3.05) is 6.54 Å². The van der Waals surface area contributed by atoms with E-state index in [0.29, 0.717) is 0 Å². The number of hydrogen-bond acceptors (Lipinski definition) is 1. The summed E-state index contributed by atoms with van der Waals surface area (Å²) in [5.41, 5.74) is 2.03. The average Bonchev–Trinajstić information content (AvgIpc) is 2.28. The summed E-state index contributed by atoms with van der Waals surface area (Å²) in [7, 11) is 0. The molecule has 0 fully saturated rings. The Kier molecular flexibility index (Phi) is 2.53. The van der Waals surface area contributed by atoms with Crippen LogP contribution in [-0.4, -0.2) is 12.5 Å². The van der Waals surface area contributed by atoms with Crippen LogP contribution < -0.4 is 5.32 Å². The van der Waals surface area contributed by atoms with Gasteiger partial charge in [0.25, 0.3) is 5.91 Å². The monoisotopic (exact) mass is 287 g/mol. The van der Waals surface area contributed by atoms with Gasteiger partial charge in [0.05, 0.1) is 0 Å². The number of rotatable bonds is 0.